The second kappa shape index (κ2) is 26.3. The van der Waals surface area contributed by atoms with Crippen molar-refractivity contribution in [1.82, 2.24) is 19.9 Å². The van der Waals surface area contributed by atoms with Gasteiger partial charge in [0.25, 0.3) is 23.1 Å². The zero-order valence-electron chi connectivity index (χ0n) is 50.1. The number of carbonyl (C=O) groups excluding carboxylic acids is 6. The van der Waals surface area contributed by atoms with Gasteiger partial charge in [0.05, 0.1) is 85.0 Å². The van der Waals surface area contributed by atoms with Gasteiger partial charge in [-0.25, -0.2) is 108 Å². The molecule has 0 amide bonds. The maximum atomic E-state index is 14.5. The number of benzene rings is 4. The lowest BCUT2D eigenvalue weighted by atomic mass is 9.90. The van der Waals surface area contributed by atoms with Gasteiger partial charge in [0, 0.05) is 0 Å². The van der Waals surface area contributed by atoms with E-state index in [9.17, 15) is 117 Å². The first kappa shape index (κ1) is 72.2. The van der Waals surface area contributed by atoms with Crippen LogP contribution in [0.1, 0.15) is 93.3 Å². The third-order valence-corrected chi connectivity index (χ3v) is 25.5. The molecule has 4 aliphatic rings. The molecule has 8 aromatic heterocycles. The molecule has 2 fully saturated rings. The lowest BCUT2D eigenvalue weighted by Crippen LogP contribution is -2.53. The number of ether oxygens (including phenoxy) is 4. The molecule has 10 heterocycles. The fourth-order valence-electron chi connectivity index (χ4n) is 11.1. The molecule has 14 nitrogen and oxygen atoms in total. The number of rotatable bonds is 12. The van der Waals surface area contributed by atoms with Crippen LogP contribution < -0.4 is 0 Å². The number of aromatic nitrogens is 4. The fraction of sp³-hybridized carbons (Fsp3) is 0.0938. The van der Waals surface area contributed by atoms with Crippen LogP contribution in [0.4, 0.5) is 87.8 Å². The highest BCUT2D eigenvalue weighted by molar-refractivity contribution is 7.30. The van der Waals surface area contributed by atoms with E-state index in [2.05, 4.69) is 9.97 Å². The number of hydrogen-bond donors (Lipinski definition) is 0. The molecular weight excluding hydrogens is 1620 g/mol. The number of carbonyl (C=O) groups is 6. The number of Topliss-reactive ketones (excluding diaryl/α,β-unsaturated/α-hetero) is 2. The third kappa shape index (κ3) is 10.8. The molecule has 0 bridgehead atoms. The van der Waals surface area contributed by atoms with E-state index >= 15 is 0 Å². The van der Waals surface area contributed by atoms with E-state index in [4.69, 9.17) is 28.9 Å². The molecule has 0 unspecified atom stereocenters. The van der Waals surface area contributed by atoms with Crippen LogP contribution in [-0.2, 0) is 30.5 Å². The maximum Gasteiger partial charge on any atom is 0.276 e. The molecule has 2 saturated heterocycles. The van der Waals surface area contributed by atoms with Gasteiger partial charge in [0.15, 0.2) is 93.1 Å². The van der Waals surface area contributed by atoms with Crippen molar-refractivity contribution in [1.29, 1.82) is 0 Å². The Kier molecular flexibility index (Phi) is 17.9. The first-order valence-corrected chi connectivity index (χ1v) is 35.2. The summed E-state index contributed by atoms with van der Waals surface area (Å²) in [6, 6.07) is 9.48. The number of fused-ring (bicyclic) bond motifs is 9. The van der Waals surface area contributed by atoms with Gasteiger partial charge in [-0.15, -0.1) is 90.7 Å². The van der Waals surface area contributed by atoms with Gasteiger partial charge in [0.2, 0.25) is 46.4 Å². The summed E-state index contributed by atoms with van der Waals surface area (Å²) in [6.07, 6.45) is 0. The number of hydrogen-bond acceptors (Lipinski definition) is 22. The van der Waals surface area contributed by atoms with Crippen molar-refractivity contribution in [3.8, 4) is 59.0 Å². The predicted octanol–water partition coefficient (Wildman–Crippen LogP) is 17.9. The van der Waals surface area contributed by atoms with Crippen molar-refractivity contribution in [2.75, 3.05) is 26.4 Å². The Balaban J connectivity index is 0.000000171. The zero-order chi connectivity index (χ0) is 75.7. The molecule has 2 spiro atoms. The molecule has 0 saturated carbocycles. The minimum Gasteiger partial charge on any atom is -0.338 e. The number of thiophene rings is 4. The van der Waals surface area contributed by atoms with E-state index in [1.165, 1.54) is 24.3 Å². The van der Waals surface area contributed by atoms with E-state index in [0.717, 1.165) is 69.6 Å². The smallest absolute Gasteiger partial charge is 0.276 e. The molecule has 0 radical (unpaired) electrons. The van der Waals surface area contributed by atoms with Crippen LogP contribution in [0.15, 0.2) is 48.5 Å². The summed E-state index contributed by atoms with van der Waals surface area (Å²) in [5, 5.41) is 0.426. The molecule has 2 aliphatic heterocycles. The van der Waals surface area contributed by atoms with Crippen molar-refractivity contribution in [2.45, 2.75) is 11.6 Å². The van der Waals surface area contributed by atoms with Crippen LogP contribution in [0.2, 0.25) is 0 Å². The Hall–Kier alpha value is -9.34. The molecule has 16 rings (SSSR count). The lowest BCUT2D eigenvalue weighted by Gasteiger charge is -2.42. The molecule has 540 valence electrons. The van der Waals surface area contributed by atoms with E-state index in [0.29, 0.717) is 55.1 Å². The van der Waals surface area contributed by atoms with Crippen LogP contribution in [0.5, 0.6) is 0 Å². The van der Waals surface area contributed by atoms with E-state index in [1.807, 2.05) is 0 Å². The predicted molar refractivity (Wildman–Crippen MR) is 334 cm³/mol. The van der Waals surface area contributed by atoms with Gasteiger partial charge in [-0.3, -0.25) is 28.8 Å². The first-order chi connectivity index (χ1) is 50.3. The highest BCUT2D eigenvalue weighted by atomic mass is 32.1. The third-order valence-electron chi connectivity index (χ3n) is 15.9. The Morgan fingerprint density at radius 3 is 0.698 bits per heavy atom. The molecule has 12 aromatic rings. The quantitative estimate of drug-likeness (QED) is 0.0369. The molecule has 0 N–H and O–H groups in total. The van der Waals surface area contributed by atoms with Gasteiger partial charge in [-0.1, -0.05) is 0 Å². The van der Waals surface area contributed by atoms with E-state index in [-0.39, 0.29) is 108 Å². The van der Waals surface area contributed by atoms with Crippen LogP contribution in [0.3, 0.4) is 0 Å². The second-order valence-electron chi connectivity index (χ2n) is 21.8. The summed E-state index contributed by atoms with van der Waals surface area (Å²) < 4.78 is 304. The summed E-state index contributed by atoms with van der Waals surface area (Å²) in [6.45, 7) is 0.170. The van der Waals surface area contributed by atoms with Crippen molar-refractivity contribution < 1.29 is 136 Å². The maximum absolute atomic E-state index is 14.5. The summed E-state index contributed by atoms with van der Waals surface area (Å²) >= 11 is 6.09. The fourth-order valence-corrected chi connectivity index (χ4v) is 19.7. The van der Waals surface area contributed by atoms with Crippen LogP contribution in [-0.4, -0.2) is 81.1 Å². The average molecular weight is 1640 g/mol. The van der Waals surface area contributed by atoms with Gasteiger partial charge in [0.1, 0.15) is 65.1 Å². The SMILES string of the molecule is O=C(c1ccc(-c2nc3c(s2)-c2sc(-c4ccc(C(=O)c5c(F)c(F)c(F)c(F)c5F)s4)nc2C2(OCCO2)C32OCCO2)s1)c1c(F)c(F)c(F)c(F)c1F.O=C1C(=O)c2nc(-c3ccc(C(=O)c4c(F)c(F)c(F)c(F)c4F)s3)sc2-c2sc(-c3ccc(C(=O)c4c(F)c(F)c(F)c(F)c4F)s3)nc21. The minimum atomic E-state index is -2.45. The van der Waals surface area contributed by atoms with E-state index in [1.54, 1.807) is 0 Å². The molecule has 2 aliphatic carbocycles. The van der Waals surface area contributed by atoms with Gasteiger partial charge < -0.3 is 18.9 Å². The van der Waals surface area contributed by atoms with Crippen LogP contribution >= 0.6 is 90.7 Å². The molecule has 0 atom stereocenters. The second-order valence-corrected chi connectivity index (χ2v) is 30.2. The molecule has 4 aromatic carbocycles. The summed E-state index contributed by atoms with van der Waals surface area (Å²) in [4.78, 5) is 95.5. The lowest BCUT2D eigenvalue weighted by molar-refractivity contribution is -0.368. The van der Waals surface area contributed by atoms with Gasteiger partial charge in [-0.05, 0) is 48.5 Å². The Bertz CT molecular complexity index is 5490. The molecule has 106 heavy (non-hydrogen) atoms. The standard InChI is InChI=1S/C34H12F10N2O6S4.C30H4F10N2O4S4/c35-15-13(16(36)20(40)23(43)19(15)39)25(47)9-1-3-11(53-9)31-45-29-27(55-31)28-30(34(51-7-8-52-34)33(29)49-5-6-50-33)46-32(56-28)12-4-2-10(54-12)26(48)14-17(37)21(41)24(44)22(42)18(14)38;31-11-9(12(32)16(36)19(39)15(11)35)23(43)5-1-3-7(47-5)29-41-21-25(45)26(46)22-28(27(21)49-29)50-30(42-22)8-4-2-6(48-8)24(44)10-13(33)17(37)20(40)18(38)14(10)34/h1-4H,5-8H2;1-4H. The average Bonchev–Trinajstić information content (AvgIpc) is 1.52. The van der Waals surface area contributed by atoms with Crippen molar-refractivity contribution in [3.63, 3.8) is 0 Å². The number of thiazole rings is 4. The number of nitrogens with zero attached hydrogens (tertiary/aromatic N) is 4. The highest BCUT2D eigenvalue weighted by Crippen LogP contribution is 2.63. The molecule has 42 heteroatoms. The largest absolute Gasteiger partial charge is 0.338 e. The Labute approximate surface area is 603 Å². The molecular formula is C64H16F20N4O10S8. The minimum absolute atomic E-state index is 0.0206. The van der Waals surface area contributed by atoms with Crippen molar-refractivity contribution in [2.24, 2.45) is 0 Å². The monoisotopic (exact) mass is 1640 g/mol. The Morgan fingerprint density at radius 2 is 0.472 bits per heavy atom. The zero-order valence-corrected chi connectivity index (χ0v) is 56.7. The highest BCUT2D eigenvalue weighted by Gasteiger charge is 2.70. The summed E-state index contributed by atoms with van der Waals surface area (Å²) in [5.41, 5.74) is -6.99. The van der Waals surface area contributed by atoms with Crippen molar-refractivity contribution >= 4 is 125 Å². The number of halogens is 20. The van der Waals surface area contributed by atoms with E-state index < -0.39 is 195 Å². The summed E-state index contributed by atoms with van der Waals surface area (Å²) in [5.74, 6) is -58.5. The van der Waals surface area contributed by atoms with Crippen LogP contribution in [0.25, 0.3) is 59.0 Å². The van der Waals surface area contributed by atoms with Gasteiger partial charge >= 0.3 is 0 Å². The topological polar surface area (TPSA) is 191 Å². The normalized spacial score (nSPS) is 14.6. The van der Waals surface area contributed by atoms with Gasteiger partial charge in [-0.2, -0.15) is 0 Å². The number of ketones is 6. The summed E-state index contributed by atoms with van der Waals surface area (Å²) in [7, 11) is 0. The van der Waals surface area contributed by atoms with Crippen molar-refractivity contribution in [3.05, 3.63) is 229 Å². The Morgan fingerprint density at radius 1 is 0.274 bits per heavy atom. The first-order valence-electron chi connectivity index (χ1n) is 28.7. The van der Waals surface area contributed by atoms with Crippen LogP contribution in [0, 0.1) is 116 Å².